The van der Waals surface area contributed by atoms with E-state index in [1.165, 1.54) is 0 Å². The molecule has 0 bridgehead atoms. The lowest BCUT2D eigenvalue weighted by Gasteiger charge is -2.17. The van der Waals surface area contributed by atoms with Gasteiger partial charge in [0.2, 0.25) is 0 Å². The molecule has 1 unspecified atom stereocenters. The first kappa shape index (κ1) is 22.4. The lowest BCUT2D eigenvalue weighted by molar-refractivity contribution is -0.164. The van der Waals surface area contributed by atoms with Gasteiger partial charge in [-0.25, -0.2) is 0 Å². The van der Waals surface area contributed by atoms with Gasteiger partial charge in [-0.1, -0.05) is 40.0 Å². The Labute approximate surface area is 145 Å². The molecule has 140 valence electrons. The molecule has 0 saturated carbocycles. The number of carbonyl (C=O) groups is 3. The molecule has 0 spiro atoms. The summed E-state index contributed by atoms with van der Waals surface area (Å²) in [7, 11) is 0. The van der Waals surface area contributed by atoms with Crippen molar-refractivity contribution in [2.24, 2.45) is 0 Å². The van der Waals surface area contributed by atoms with E-state index in [2.05, 4.69) is 6.92 Å². The lowest BCUT2D eigenvalue weighted by atomic mass is 10.2. The Kier molecular flexibility index (Phi) is 14.0. The molecule has 0 aliphatic carbocycles. The first-order valence-electron chi connectivity index (χ1n) is 9.04. The predicted molar refractivity (Wildman–Crippen MR) is 90.4 cm³/mol. The fourth-order valence-corrected chi connectivity index (χ4v) is 2.01. The van der Waals surface area contributed by atoms with Crippen LogP contribution < -0.4 is 0 Å². The standard InChI is InChI=1S/C18H32O6/c1-4-7-8-9-12-22-18(21)13-15(24-17(20)11-6-3)14-23-16(19)10-5-2/h15H,4-14H2,1-3H3. The summed E-state index contributed by atoms with van der Waals surface area (Å²) in [5.74, 6) is -1.20. The van der Waals surface area contributed by atoms with E-state index in [1.54, 1.807) is 0 Å². The molecule has 0 heterocycles. The van der Waals surface area contributed by atoms with Crippen molar-refractivity contribution in [2.45, 2.75) is 84.7 Å². The topological polar surface area (TPSA) is 78.9 Å². The van der Waals surface area contributed by atoms with Crippen LogP contribution in [0.4, 0.5) is 0 Å². The summed E-state index contributed by atoms with van der Waals surface area (Å²) in [5.41, 5.74) is 0. The average molecular weight is 344 g/mol. The van der Waals surface area contributed by atoms with Crippen molar-refractivity contribution in [3.63, 3.8) is 0 Å². The van der Waals surface area contributed by atoms with E-state index in [9.17, 15) is 14.4 Å². The second-order valence-corrected chi connectivity index (χ2v) is 5.78. The van der Waals surface area contributed by atoms with E-state index < -0.39 is 18.0 Å². The summed E-state index contributed by atoms with van der Waals surface area (Å²) in [6.45, 7) is 6.10. The van der Waals surface area contributed by atoms with Crippen LogP contribution in [0.1, 0.15) is 78.6 Å². The molecular formula is C18H32O6. The van der Waals surface area contributed by atoms with Crippen molar-refractivity contribution in [3.8, 4) is 0 Å². The Morgan fingerprint density at radius 2 is 1.42 bits per heavy atom. The van der Waals surface area contributed by atoms with Gasteiger partial charge in [-0.3, -0.25) is 14.4 Å². The molecule has 0 aliphatic heterocycles. The highest BCUT2D eigenvalue weighted by atomic mass is 16.6. The van der Waals surface area contributed by atoms with Crippen molar-refractivity contribution in [1.29, 1.82) is 0 Å². The summed E-state index contributed by atoms with van der Waals surface area (Å²) in [5, 5.41) is 0. The number of hydrogen-bond donors (Lipinski definition) is 0. The van der Waals surface area contributed by atoms with Crippen LogP contribution in [0.5, 0.6) is 0 Å². The van der Waals surface area contributed by atoms with Crippen LogP contribution in [-0.4, -0.2) is 37.2 Å². The summed E-state index contributed by atoms with van der Waals surface area (Å²) in [6.07, 6.45) is 5.11. The van der Waals surface area contributed by atoms with Gasteiger partial charge in [-0.2, -0.15) is 0 Å². The maximum absolute atomic E-state index is 11.8. The third-order valence-corrected chi connectivity index (χ3v) is 3.29. The molecule has 0 radical (unpaired) electrons. The van der Waals surface area contributed by atoms with Gasteiger partial charge in [-0.05, 0) is 19.3 Å². The van der Waals surface area contributed by atoms with Gasteiger partial charge >= 0.3 is 17.9 Å². The van der Waals surface area contributed by atoms with Gasteiger partial charge in [0.1, 0.15) is 12.7 Å². The molecule has 0 fully saturated rings. The molecule has 0 aromatic heterocycles. The SMILES string of the molecule is CCCCCCOC(=O)CC(COC(=O)CCC)OC(=O)CCC. The van der Waals surface area contributed by atoms with Crippen molar-refractivity contribution in [3.05, 3.63) is 0 Å². The molecular weight excluding hydrogens is 312 g/mol. The smallest absolute Gasteiger partial charge is 0.309 e. The highest BCUT2D eigenvalue weighted by molar-refractivity contribution is 5.73. The number of ether oxygens (including phenoxy) is 3. The lowest BCUT2D eigenvalue weighted by Crippen LogP contribution is -2.28. The minimum Gasteiger partial charge on any atom is -0.466 e. The molecule has 0 amide bonds. The molecule has 6 nitrogen and oxygen atoms in total. The number of unbranched alkanes of at least 4 members (excludes halogenated alkanes) is 3. The van der Waals surface area contributed by atoms with Gasteiger partial charge in [0.15, 0.2) is 0 Å². The molecule has 0 aromatic rings. The average Bonchev–Trinajstić information content (AvgIpc) is 2.53. The van der Waals surface area contributed by atoms with Crippen molar-refractivity contribution in [1.82, 2.24) is 0 Å². The molecule has 0 aromatic carbocycles. The molecule has 0 rings (SSSR count). The zero-order valence-corrected chi connectivity index (χ0v) is 15.3. The zero-order chi connectivity index (χ0) is 18.2. The van der Waals surface area contributed by atoms with Crippen LogP contribution in [0, 0.1) is 0 Å². The van der Waals surface area contributed by atoms with Crippen LogP contribution in [0.15, 0.2) is 0 Å². The van der Waals surface area contributed by atoms with Crippen LogP contribution >= 0.6 is 0 Å². The molecule has 0 saturated heterocycles. The zero-order valence-electron chi connectivity index (χ0n) is 15.3. The van der Waals surface area contributed by atoms with Gasteiger partial charge in [0, 0.05) is 12.8 Å². The molecule has 0 aliphatic rings. The van der Waals surface area contributed by atoms with Gasteiger partial charge < -0.3 is 14.2 Å². The normalized spacial score (nSPS) is 11.6. The number of carbonyl (C=O) groups excluding carboxylic acids is 3. The quantitative estimate of drug-likeness (QED) is 0.272. The molecule has 6 heteroatoms. The van der Waals surface area contributed by atoms with Gasteiger partial charge in [0.05, 0.1) is 13.0 Å². The van der Waals surface area contributed by atoms with E-state index in [4.69, 9.17) is 14.2 Å². The van der Waals surface area contributed by atoms with Crippen LogP contribution in [0.2, 0.25) is 0 Å². The Bertz CT molecular complexity index is 367. The summed E-state index contributed by atoms with van der Waals surface area (Å²) >= 11 is 0. The number of rotatable bonds is 14. The van der Waals surface area contributed by atoms with E-state index in [-0.39, 0.29) is 25.4 Å². The van der Waals surface area contributed by atoms with E-state index >= 15 is 0 Å². The van der Waals surface area contributed by atoms with Crippen LogP contribution in [-0.2, 0) is 28.6 Å². The fraction of sp³-hybridized carbons (Fsp3) is 0.833. The number of esters is 3. The van der Waals surface area contributed by atoms with Crippen LogP contribution in [0.3, 0.4) is 0 Å². The van der Waals surface area contributed by atoms with Gasteiger partial charge in [-0.15, -0.1) is 0 Å². The third kappa shape index (κ3) is 12.9. The fourth-order valence-electron chi connectivity index (χ4n) is 2.01. The maximum atomic E-state index is 11.8. The Hall–Kier alpha value is -1.59. The largest absolute Gasteiger partial charge is 0.466 e. The maximum Gasteiger partial charge on any atom is 0.309 e. The Morgan fingerprint density at radius 3 is 2.04 bits per heavy atom. The number of hydrogen-bond acceptors (Lipinski definition) is 6. The molecule has 1 atom stereocenters. The Balaban J connectivity index is 4.27. The molecule has 0 N–H and O–H groups in total. The van der Waals surface area contributed by atoms with Crippen molar-refractivity contribution < 1.29 is 28.6 Å². The monoisotopic (exact) mass is 344 g/mol. The Morgan fingerprint density at radius 1 is 0.750 bits per heavy atom. The summed E-state index contributed by atoms with van der Waals surface area (Å²) in [6, 6.07) is 0. The van der Waals surface area contributed by atoms with Crippen molar-refractivity contribution >= 4 is 17.9 Å². The first-order valence-corrected chi connectivity index (χ1v) is 9.04. The van der Waals surface area contributed by atoms with E-state index in [0.717, 1.165) is 25.7 Å². The van der Waals surface area contributed by atoms with Crippen molar-refractivity contribution in [2.75, 3.05) is 13.2 Å². The second-order valence-electron chi connectivity index (χ2n) is 5.78. The minimum absolute atomic E-state index is 0.0946. The highest BCUT2D eigenvalue weighted by Crippen LogP contribution is 2.07. The van der Waals surface area contributed by atoms with Gasteiger partial charge in [0.25, 0.3) is 0 Å². The minimum atomic E-state index is -0.784. The summed E-state index contributed by atoms with van der Waals surface area (Å²) < 4.78 is 15.4. The summed E-state index contributed by atoms with van der Waals surface area (Å²) in [4.78, 5) is 34.9. The first-order chi connectivity index (χ1) is 11.5. The van der Waals surface area contributed by atoms with E-state index in [1.807, 2.05) is 13.8 Å². The third-order valence-electron chi connectivity index (χ3n) is 3.29. The molecule has 24 heavy (non-hydrogen) atoms. The highest BCUT2D eigenvalue weighted by Gasteiger charge is 2.21. The van der Waals surface area contributed by atoms with Crippen LogP contribution in [0.25, 0.3) is 0 Å². The predicted octanol–water partition coefficient (Wildman–Crippen LogP) is 3.56. The van der Waals surface area contributed by atoms with E-state index in [0.29, 0.717) is 25.9 Å². The second kappa shape index (κ2) is 15.0.